The Balaban J connectivity index is 1.71. The predicted molar refractivity (Wildman–Crippen MR) is 116 cm³/mol. The van der Waals surface area contributed by atoms with Crippen LogP contribution in [0.3, 0.4) is 0 Å². The number of guanidine groups is 1. The standard InChI is InChI=1S/C20H25ClN6S/c1-15-24-25-19(27(15)3)13-23-20(22-11-10-17-8-6-12-28-17)26(2)14-16-7-4-5-9-18(16)21/h4-9,12H,10-11,13-14H2,1-3H3,(H,22,23). The normalized spacial score (nSPS) is 11.6. The maximum atomic E-state index is 6.33. The highest BCUT2D eigenvalue weighted by molar-refractivity contribution is 7.09. The van der Waals surface area contributed by atoms with Gasteiger partial charge < -0.3 is 14.8 Å². The van der Waals surface area contributed by atoms with Gasteiger partial charge in [-0.1, -0.05) is 35.9 Å². The van der Waals surface area contributed by atoms with E-state index in [2.05, 4.69) is 37.9 Å². The van der Waals surface area contributed by atoms with Crippen LogP contribution in [0.15, 0.2) is 46.8 Å². The molecule has 1 aromatic carbocycles. The third-order valence-electron chi connectivity index (χ3n) is 4.51. The van der Waals surface area contributed by atoms with Gasteiger partial charge in [-0.25, -0.2) is 4.99 Å². The molecule has 0 aliphatic rings. The zero-order chi connectivity index (χ0) is 19.9. The van der Waals surface area contributed by atoms with E-state index in [1.807, 2.05) is 49.9 Å². The Labute approximate surface area is 174 Å². The van der Waals surface area contributed by atoms with Crippen LogP contribution in [-0.2, 0) is 26.6 Å². The van der Waals surface area contributed by atoms with Crippen LogP contribution in [-0.4, -0.2) is 39.2 Å². The fourth-order valence-corrected chi connectivity index (χ4v) is 3.66. The second-order valence-electron chi connectivity index (χ2n) is 6.57. The third-order valence-corrected chi connectivity index (χ3v) is 5.82. The number of thiophene rings is 1. The lowest BCUT2D eigenvalue weighted by Gasteiger charge is -2.23. The van der Waals surface area contributed by atoms with E-state index in [9.17, 15) is 0 Å². The summed E-state index contributed by atoms with van der Waals surface area (Å²) in [6.07, 6.45) is 0.958. The molecule has 0 aliphatic heterocycles. The first kappa shape index (κ1) is 20.4. The van der Waals surface area contributed by atoms with Crippen LogP contribution in [0.4, 0.5) is 0 Å². The lowest BCUT2D eigenvalue weighted by molar-refractivity contribution is 0.474. The molecule has 3 rings (SSSR count). The number of nitrogens with one attached hydrogen (secondary N) is 1. The molecule has 1 N–H and O–H groups in total. The Morgan fingerprint density at radius 3 is 2.75 bits per heavy atom. The number of nitrogens with zero attached hydrogens (tertiary/aromatic N) is 5. The Bertz CT molecular complexity index is 919. The Kier molecular flexibility index (Phi) is 7.06. The van der Waals surface area contributed by atoms with Gasteiger partial charge >= 0.3 is 0 Å². The second-order valence-corrected chi connectivity index (χ2v) is 8.01. The van der Waals surface area contributed by atoms with Gasteiger partial charge in [0.15, 0.2) is 11.8 Å². The zero-order valence-electron chi connectivity index (χ0n) is 16.4. The third kappa shape index (κ3) is 5.33. The summed E-state index contributed by atoms with van der Waals surface area (Å²) in [5.74, 6) is 2.53. The van der Waals surface area contributed by atoms with E-state index in [1.54, 1.807) is 11.3 Å². The summed E-state index contributed by atoms with van der Waals surface area (Å²) in [5, 5.41) is 14.7. The molecule has 0 radical (unpaired) electrons. The molecule has 2 heterocycles. The molecule has 3 aromatic rings. The lowest BCUT2D eigenvalue weighted by Crippen LogP contribution is -2.39. The highest BCUT2D eigenvalue weighted by Crippen LogP contribution is 2.16. The fourth-order valence-electron chi connectivity index (χ4n) is 2.76. The van der Waals surface area contributed by atoms with Crippen molar-refractivity contribution < 1.29 is 0 Å². The largest absolute Gasteiger partial charge is 0.356 e. The van der Waals surface area contributed by atoms with Crippen LogP contribution in [0, 0.1) is 6.92 Å². The summed E-state index contributed by atoms with van der Waals surface area (Å²) in [6, 6.07) is 12.1. The number of rotatable bonds is 7. The van der Waals surface area contributed by atoms with Crippen molar-refractivity contribution in [1.29, 1.82) is 0 Å². The monoisotopic (exact) mass is 416 g/mol. The van der Waals surface area contributed by atoms with Gasteiger partial charge in [-0.05, 0) is 36.4 Å². The van der Waals surface area contributed by atoms with Gasteiger partial charge in [0.25, 0.3) is 0 Å². The Morgan fingerprint density at radius 2 is 2.07 bits per heavy atom. The van der Waals surface area contributed by atoms with Crippen molar-refractivity contribution in [3.63, 3.8) is 0 Å². The zero-order valence-corrected chi connectivity index (χ0v) is 18.0. The molecule has 0 amide bonds. The molecule has 0 unspecified atom stereocenters. The number of aryl methyl sites for hydroxylation is 1. The van der Waals surface area contributed by atoms with Gasteiger partial charge in [0.1, 0.15) is 12.4 Å². The van der Waals surface area contributed by atoms with Crippen molar-refractivity contribution >= 4 is 28.9 Å². The molecule has 28 heavy (non-hydrogen) atoms. The lowest BCUT2D eigenvalue weighted by atomic mass is 10.2. The highest BCUT2D eigenvalue weighted by atomic mass is 35.5. The number of halogens is 1. The van der Waals surface area contributed by atoms with Gasteiger partial charge in [-0.15, -0.1) is 21.5 Å². The van der Waals surface area contributed by atoms with Crippen LogP contribution < -0.4 is 5.32 Å². The quantitative estimate of drug-likeness (QED) is 0.471. The second kappa shape index (κ2) is 9.71. The molecule has 2 aromatic heterocycles. The molecule has 0 saturated carbocycles. The average molecular weight is 417 g/mol. The summed E-state index contributed by atoms with van der Waals surface area (Å²) in [6.45, 7) is 3.88. The summed E-state index contributed by atoms with van der Waals surface area (Å²) < 4.78 is 1.96. The van der Waals surface area contributed by atoms with Crippen LogP contribution in [0.25, 0.3) is 0 Å². The molecule has 0 aliphatic carbocycles. The first-order chi connectivity index (χ1) is 13.5. The smallest absolute Gasteiger partial charge is 0.194 e. The van der Waals surface area contributed by atoms with Crippen LogP contribution in [0.2, 0.25) is 5.02 Å². The SMILES string of the molecule is Cc1nnc(CN=C(NCCc2cccs2)N(C)Cc2ccccc2Cl)n1C. The first-order valence-corrected chi connectivity index (χ1v) is 10.4. The average Bonchev–Trinajstić information content (AvgIpc) is 3.31. The van der Waals surface area contributed by atoms with Crippen LogP contribution in [0.1, 0.15) is 22.1 Å². The highest BCUT2D eigenvalue weighted by Gasteiger charge is 2.11. The van der Waals surface area contributed by atoms with E-state index in [0.29, 0.717) is 13.1 Å². The molecular weight excluding hydrogens is 392 g/mol. The molecule has 0 atom stereocenters. The molecule has 148 valence electrons. The van der Waals surface area contributed by atoms with Gasteiger partial charge in [0.05, 0.1) is 0 Å². The van der Waals surface area contributed by atoms with Crippen LogP contribution in [0.5, 0.6) is 0 Å². The first-order valence-electron chi connectivity index (χ1n) is 9.14. The van der Waals surface area contributed by atoms with Gasteiger partial charge in [0.2, 0.25) is 0 Å². The molecule has 0 fully saturated rings. The van der Waals surface area contributed by atoms with Crippen molar-refractivity contribution in [3.8, 4) is 0 Å². The van der Waals surface area contributed by atoms with E-state index in [0.717, 1.165) is 41.2 Å². The topological polar surface area (TPSA) is 58.3 Å². The van der Waals surface area contributed by atoms with Crippen molar-refractivity contribution in [2.45, 2.75) is 26.4 Å². The fraction of sp³-hybridized carbons (Fsp3) is 0.350. The van der Waals surface area contributed by atoms with E-state index < -0.39 is 0 Å². The minimum absolute atomic E-state index is 0.464. The molecular formula is C20H25ClN6S. The minimum atomic E-state index is 0.464. The molecule has 0 spiro atoms. The van der Waals surface area contributed by atoms with Crippen molar-refractivity contribution in [1.82, 2.24) is 25.0 Å². The molecule has 0 bridgehead atoms. The Hall–Kier alpha value is -2.38. The summed E-state index contributed by atoms with van der Waals surface area (Å²) >= 11 is 8.10. The van der Waals surface area contributed by atoms with Crippen LogP contribution >= 0.6 is 22.9 Å². The van der Waals surface area contributed by atoms with E-state index in [1.165, 1.54) is 4.88 Å². The summed E-state index contributed by atoms with van der Waals surface area (Å²) in [5.41, 5.74) is 1.06. The molecule has 8 heteroatoms. The molecule has 0 saturated heterocycles. The van der Waals surface area contributed by atoms with Crippen molar-refractivity contribution in [2.75, 3.05) is 13.6 Å². The summed E-state index contributed by atoms with van der Waals surface area (Å²) in [4.78, 5) is 8.21. The molecule has 6 nitrogen and oxygen atoms in total. The van der Waals surface area contributed by atoms with E-state index >= 15 is 0 Å². The van der Waals surface area contributed by atoms with E-state index in [4.69, 9.17) is 16.6 Å². The van der Waals surface area contributed by atoms with E-state index in [-0.39, 0.29) is 0 Å². The number of hydrogen-bond donors (Lipinski definition) is 1. The maximum Gasteiger partial charge on any atom is 0.194 e. The van der Waals surface area contributed by atoms with Gasteiger partial charge in [-0.2, -0.15) is 0 Å². The van der Waals surface area contributed by atoms with Gasteiger partial charge in [-0.3, -0.25) is 0 Å². The summed E-state index contributed by atoms with van der Waals surface area (Å²) in [7, 11) is 3.97. The van der Waals surface area contributed by atoms with Gasteiger partial charge in [0, 0.05) is 37.1 Å². The van der Waals surface area contributed by atoms with Crippen molar-refractivity contribution in [2.24, 2.45) is 12.0 Å². The minimum Gasteiger partial charge on any atom is -0.356 e. The van der Waals surface area contributed by atoms with Crippen molar-refractivity contribution in [3.05, 3.63) is 68.9 Å². The number of aromatic nitrogens is 3. The maximum absolute atomic E-state index is 6.33. The number of aliphatic imine (C=N–C) groups is 1. The number of hydrogen-bond acceptors (Lipinski definition) is 4. The Morgan fingerprint density at radius 1 is 1.25 bits per heavy atom. The number of benzene rings is 1. The predicted octanol–water partition coefficient (Wildman–Crippen LogP) is 3.66.